The van der Waals surface area contributed by atoms with E-state index in [2.05, 4.69) is 21.2 Å². The molecule has 7 nitrogen and oxygen atoms in total. The number of rotatable bonds is 5. The number of nitrogens with one attached hydrogen (secondary N) is 3. The summed E-state index contributed by atoms with van der Waals surface area (Å²) in [6.45, 7) is 5.88. The van der Waals surface area contributed by atoms with E-state index in [9.17, 15) is 9.59 Å². The van der Waals surface area contributed by atoms with Crippen molar-refractivity contribution < 1.29 is 14.3 Å². The van der Waals surface area contributed by atoms with Gasteiger partial charge in [-0.15, -0.1) is 0 Å². The number of urea groups is 1. The van der Waals surface area contributed by atoms with Crippen LogP contribution in [-0.2, 0) is 4.74 Å². The van der Waals surface area contributed by atoms with Crippen LogP contribution in [0.4, 0.5) is 9.59 Å². The number of hydrogen-bond acceptors (Lipinski definition) is 4. The highest BCUT2D eigenvalue weighted by Gasteiger charge is 2.15. The summed E-state index contributed by atoms with van der Waals surface area (Å²) in [4.78, 5) is 22.8. The van der Waals surface area contributed by atoms with Gasteiger partial charge < -0.3 is 15.4 Å². The van der Waals surface area contributed by atoms with Crippen LogP contribution < -0.4 is 16.1 Å². The molecule has 3 amide bonds. The Morgan fingerprint density at radius 3 is 2.41 bits per heavy atom. The summed E-state index contributed by atoms with van der Waals surface area (Å²) in [7, 11) is 0. The minimum atomic E-state index is -0.541. The fraction of sp³-hybridized carbons (Fsp3) is 0.400. The summed E-state index contributed by atoms with van der Waals surface area (Å²) in [6.07, 6.45) is 1.02. The molecule has 0 aliphatic heterocycles. The average molecular weight is 306 g/mol. The van der Waals surface area contributed by atoms with Crippen molar-refractivity contribution in [2.45, 2.75) is 26.4 Å². The number of carbonyl (C=O) groups excluding carboxylic acids is 2. The van der Waals surface area contributed by atoms with Gasteiger partial charge in [0.05, 0.1) is 6.21 Å². The molecule has 1 aromatic rings. The van der Waals surface area contributed by atoms with Gasteiger partial charge in [0, 0.05) is 13.1 Å². The van der Waals surface area contributed by atoms with Gasteiger partial charge in [-0.25, -0.2) is 15.0 Å². The van der Waals surface area contributed by atoms with E-state index in [1.54, 1.807) is 27.0 Å². The van der Waals surface area contributed by atoms with Crippen LogP contribution >= 0.6 is 0 Å². The van der Waals surface area contributed by atoms with Crippen LogP contribution in [0, 0.1) is 0 Å². The van der Waals surface area contributed by atoms with E-state index in [0.717, 1.165) is 5.56 Å². The van der Waals surface area contributed by atoms with E-state index in [1.165, 1.54) is 0 Å². The van der Waals surface area contributed by atoms with Crippen molar-refractivity contribution in [3.05, 3.63) is 35.9 Å². The highest BCUT2D eigenvalue weighted by molar-refractivity contribution is 5.81. The second kappa shape index (κ2) is 8.66. The molecule has 0 atom stereocenters. The van der Waals surface area contributed by atoms with Crippen molar-refractivity contribution in [2.75, 3.05) is 13.1 Å². The molecule has 3 N–H and O–H groups in total. The van der Waals surface area contributed by atoms with E-state index in [0.29, 0.717) is 0 Å². The molecule has 1 rings (SSSR count). The monoisotopic (exact) mass is 306 g/mol. The Labute approximate surface area is 130 Å². The Morgan fingerprint density at radius 2 is 1.77 bits per heavy atom. The lowest BCUT2D eigenvalue weighted by Crippen LogP contribution is -2.40. The molecule has 0 saturated carbocycles. The van der Waals surface area contributed by atoms with Crippen LogP contribution in [0.5, 0.6) is 0 Å². The largest absolute Gasteiger partial charge is 0.444 e. The van der Waals surface area contributed by atoms with Crippen molar-refractivity contribution in [2.24, 2.45) is 5.10 Å². The summed E-state index contributed by atoms with van der Waals surface area (Å²) < 4.78 is 5.06. The lowest BCUT2D eigenvalue weighted by Gasteiger charge is -2.19. The maximum absolute atomic E-state index is 11.4. The highest BCUT2D eigenvalue weighted by Crippen LogP contribution is 2.05. The number of nitrogens with zero attached hydrogens (tertiary/aromatic N) is 1. The van der Waals surface area contributed by atoms with E-state index >= 15 is 0 Å². The molecule has 0 aliphatic carbocycles. The summed E-state index contributed by atoms with van der Waals surface area (Å²) >= 11 is 0. The number of hydrazone groups is 1. The first-order valence-corrected chi connectivity index (χ1v) is 6.95. The van der Waals surface area contributed by atoms with Crippen molar-refractivity contribution in [3.63, 3.8) is 0 Å². The molecule has 0 bridgehead atoms. The summed E-state index contributed by atoms with van der Waals surface area (Å²) in [5, 5.41) is 8.89. The second-order valence-corrected chi connectivity index (χ2v) is 5.47. The topological polar surface area (TPSA) is 91.8 Å². The van der Waals surface area contributed by atoms with Crippen LogP contribution in [0.25, 0.3) is 0 Å². The number of carbonyl (C=O) groups is 2. The zero-order valence-corrected chi connectivity index (χ0v) is 13.1. The third-order valence-electron chi connectivity index (χ3n) is 2.26. The van der Waals surface area contributed by atoms with Crippen molar-refractivity contribution in [3.8, 4) is 0 Å². The third-order valence-corrected chi connectivity index (χ3v) is 2.26. The SMILES string of the molecule is CC(C)(C)OC(=O)NCCNC(=O)N/N=C/c1ccccc1. The Hall–Kier alpha value is -2.57. The van der Waals surface area contributed by atoms with Crippen LogP contribution in [0.15, 0.2) is 35.4 Å². The fourth-order valence-electron chi connectivity index (χ4n) is 1.40. The van der Waals surface area contributed by atoms with Crippen LogP contribution in [0.1, 0.15) is 26.3 Å². The van der Waals surface area contributed by atoms with Gasteiger partial charge in [0.1, 0.15) is 5.60 Å². The molecular formula is C15H22N4O3. The first kappa shape index (κ1) is 17.5. The minimum absolute atomic E-state index is 0.269. The predicted molar refractivity (Wildman–Crippen MR) is 84.8 cm³/mol. The number of benzene rings is 1. The molecule has 0 spiro atoms. The zero-order valence-electron chi connectivity index (χ0n) is 13.1. The van der Waals surface area contributed by atoms with Gasteiger partial charge >= 0.3 is 12.1 Å². The van der Waals surface area contributed by atoms with Gasteiger partial charge in [-0.3, -0.25) is 0 Å². The standard InChI is InChI=1S/C15H22N4O3/c1-15(2,3)22-14(21)17-10-9-16-13(20)19-18-11-12-7-5-4-6-8-12/h4-8,11H,9-10H2,1-3H3,(H,17,21)(H2,16,19,20)/b18-11+. The van der Waals surface area contributed by atoms with E-state index in [1.807, 2.05) is 30.3 Å². The Morgan fingerprint density at radius 1 is 1.14 bits per heavy atom. The lowest BCUT2D eigenvalue weighted by molar-refractivity contribution is 0.0528. The van der Waals surface area contributed by atoms with Gasteiger partial charge in [0.2, 0.25) is 0 Å². The number of amides is 3. The number of alkyl carbamates (subject to hydrolysis) is 1. The van der Waals surface area contributed by atoms with Crippen molar-refractivity contribution >= 4 is 18.3 Å². The number of hydrogen-bond donors (Lipinski definition) is 3. The van der Waals surface area contributed by atoms with Gasteiger partial charge in [0.15, 0.2) is 0 Å². The highest BCUT2D eigenvalue weighted by atomic mass is 16.6. The van der Waals surface area contributed by atoms with Gasteiger partial charge in [0.25, 0.3) is 0 Å². The summed E-state index contributed by atoms with van der Waals surface area (Å²) in [5.41, 5.74) is 2.68. The van der Waals surface area contributed by atoms with Gasteiger partial charge in [-0.2, -0.15) is 5.10 Å². The molecular weight excluding hydrogens is 284 g/mol. The smallest absolute Gasteiger partial charge is 0.407 e. The molecule has 0 radical (unpaired) electrons. The number of ether oxygens (including phenoxy) is 1. The molecule has 0 heterocycles. The van der Waals surface area contributed by atoms with E-state index < -0.39 is 17.7 Å². The molecule has 0 unspecified atom stereocenters. The molecule has 0 aromatic heterocycles. The Bertz CT molecular complexity index is 509. The zero-order chi connectivity index (χ0) is 16.4. The molecule has 120 valence electrons. The molecule has 1 aromatic carbocycles. The third kappa shape index (κ3) is 8.57. The maximum Gasteiger partial charge on any atom is 0.407 e. The summed E-state index contributed by atoms with van der Waals surface area (Å²) in [6, 6.07) is 8.95. The van der Waals surface area contributed by atoms with Gasteiger partial charge in [-0.05, 0) is 26.3 Å². The van der Waals surface area contributed by atoms with Crippen LogP contribution in [0.2, 0.25) is 0 Å². The summed E-state index contributed by atoms with van der Waals surface area (Å²) in [5.74, 6) is 0. The first-order chi connectivity index (χ1) is 10.4. The molecule has 22 heavy (non-hydrogen) atoms. The molecule has 0 saturated heterocycles. The average Bonchev–Trinajstić information content (AvgIpc) is 2.43. The van der Waals surface area contributed by atoms with Crippen LogP contribution in [-0.4, -0.2) is 37.0 Å². The fourth-order valence-corrected chi connectivity index (χ4v) is 1.40. The second-order valence-electron chi connectivity index (χ2n) is 5.47. The molecule has 7 heteroatoms. The minimum Gasteiger partial charge on any atom is -0.444 e. The Kier molecular flexibility index (Phi) is 6.88. The van der Waals surface area contributed by atoms with Crippen molar-refractivity contribution in [1.82, 2.24) is 16.1 Å². The van der Waals surface area contributed by atoms with Crippen LogP contribution in [0.3, 0.4) is 0 Å². The van der Waals surface area contributed by atoms with Gasteiger partial charge in [-0.1, -0.05) is 30.3 Å². The molecule has 0 fully saturated rings. The molecule has 0 aliphatic rings. The van der Waals surface area contributed by atoms with E-state index in [-0.39, 0.29) is 13.1 Å². The maximum atomic E-state index is 11.4. The lowest BCUT2D eigenvalue weighted by atomic mass is 10.2. The normalized spacial score (nSPS) is 11.0. The van der Waals surface area contributed by atoms with Crippen molar-refractivity contribution in [1.29, 1.82) is 0 Å². The predicted octanol–water partition coefficient (Wildman–Crippen LogP) is 1.84. The quantitative estimate of drug-likeness (QED) is 0.440. The Balaban J connectivity index is 2.14. The first-order valence-electron chi connectivity index (χ1n) is 6.95. The van der Waals surface area contributed by atoms with E-state index in [4.69, 9.17) is 4.74 Å².